The first-order valence-electron chi connectivity index (χ1n) is 9.90. The monoisotopic (exact) mass is 396 g/mol. The fourth-order valence-corrected chi connectivity index (χ4v) is 3.73. The maximum Gasteiger partial charge on any atom is 0.254 e. The largest absolute Gasteiger partial charge is 0.380 e. The molecule has 1 saturated heterocycles. The van der Waals surface area contributed by atoms with Gasteiger partial charge in [-0.15, -0.1) is 0 Å². The van der Waals surface area contributed by atoms with Crippen molar-refractivity contribution in [2.24, 2.45) is 0 Å². The Hall–Kier alpha value is -2.70. The molecule has 3 rings (SSSR count). The molecule has 2 N–H and O–H groups in total. The zero-order chi connectivity index (χ0) is 21.0. The van der Waals surface area contributed by atoms with Crippen LogP contribution < -0.4 is 0 Å². The minimum Gasteiger partial charge on any atom is -0.380 e. The Balaban J connectivity index is 1.57. The van der Waals surface area contributed by atoms with Crippen LogP contribution in [0.2, 0.25) is 0 Å². The number of hydrogen-bond acceptors (Lipinski definition) is 4. The number of aliphatic hydroxyl groups excluding tert-OH is 2. The molecule has 1 fully saturated rings. The molecule has 1 aliphatic rings. The third kappa shape index (κ3) is 4.83. The highest BCUT2D eigenvalue weighted by molar-refractivity contribution is 5.90. The van der Waals surface area contributed by atoms with Crippen molar-refractivity contribution in [2.75, 3.05) is 27.2 Å². The number of likely N-dealkylation sites (N-methyl/N-ethyl adjacent to an activating group) is 1. The van der Waals surface area contributed by atoms with Gasteiger partial charge in [-0.25, -0.2) is 0 Å². The first-order valence-corrected chi connectivity index (χ1v) is 9.90. The first-order chi connectivity index (χ1) is 13.9. The Morgan fingerprint density at radius 3 is 2.00 bits per heavy atom. The summed E-state index contributed by atoms with van der Waals surface area (Å²) >= 11 is 0. The minimum absolute atomic E-state index is 0.342. The number of nitrogens with zero attached hydrogens (tertiary/aromatic N) is 2. The van der Waals surface area contributed by atoms with E-state index in [1.54, 1.807) is 0 Å². The lowest BCUT2D eigenvalue weighted by atomic mass is 9.88. The van der Waals surface area contributed by atoms with Crippen LogP contribution in [0.15, 0.2) is 54.6 Å². The lowest BCUT2D eigenvalue weighted by Gasteiger charge is -2.34. The fraction of sp³-hybridized carbons (Fsp3) is 0.391. The van der Waals surface area contributed by atoms with Crippen LogP contribution in [0.5, 0.6) is 0 Å². The van der Waals surface area contributed by atoms with E-state index in [4.69, 9.17) is 0 Å². The van der Waals surface area contributed by atoms with Crippen molar-refractivity contribution >= 4 is 11.8 Å². The molecule has 29 heavy (non-hydrogen) atoms. The number of rotatable bonds is 5. The van der Waals surface area contributed by atoms with E-state index in [0.29, 0.717) is 19.0 Å². The number of piperidine rings is 1. The van der Waals surface area contributed by atoms with Crippen molar-refractivity contribution < 1.29 is 19.8 Å². The fourth-order valence-electron chi connectivity index (χ4n) is 3.73. The van der Waals surface area contributed by atoms with Crippen LogP contribution in [-0.4, -0.2) is 71.2 Å². The second-order valence-corrected chi connectivity index (χ2v) is 7.71. The summed E-state index contributed by atoms with van der Waals surface area (Å²) in [6.45, 7) is 0.980. The van der Waals surface area contributed by atoms with Gasteiger partial charge in [0.2, 0.25) is 0 Å². The summed E-state index contributed by atoms with van der Waals surface area (Å²) in [6.07, 6.45) is -1.91. The smallest absolute Gasteiger partial charge is 0.254 e. The zero-order valence-corrected chi connectivity index (χ0v) is 16.9. The molecule has 1 heterocycles. The topological polar surface area (TPSA) is 81.1 Å². The summed E-state index contributed by atoms with van der Waals surface area (Å²) in [4.78, 5) is 26.9. The molecule has 2 amide bonds. The predicted octanol–water partition coefficient (Wildman–Crippen LogP) is 1.87. The van der Waals surface area contributed by atoms with Crippen molar-refractivity contribution in [3.63, 3.8) is 0 Å². The van der Waals surface area contributed by atoms with Gasteiger partial charge in [-0.1, -0.05) is 54.6 Å². The van der Waals surface area contributed by atoms with Crippen molar-refractivity contribution in [2.45, 2.75) is 31.0 Å². The number of likely N-dealkylation sites (tertiary alicyclic amines) is 1. The van der Waals surface area contributed by atoms with Gasteiger partial charge in [0.15, 0.2) is 12.2 Å². The lowest BCUT2D eigenvalue weighted by molar-refractivity contribution is -0.157. The van der Waals surface area contributed by atoms with Gasteiger partial charge in [0.25, 0.3) is 11.8 Å². The summed E-state index contributed by atoms with van der Waals surface area (Å²) in [5, 5.41) is 20.0. The van der Waals surface area contributed by atoms with E-state index in [1.807, 2.05) is 18.2 Å². The number of hydrogen-bond donors (Lipinski definition) is 2. The Labute approximate surface area is 171 Å². The maximum absolute atomic E-state index is 12.5. The van der Waals surface area contributed by atoms with E-state index in [1.165, 1.54) is 35.7 Å². The molecule has 2 aromatic carbocycles. The Kier molecular flexibility index (Phi) is 6.67. The number of carbonyl (C=O) groups is 2. The normalized spacial score (nSPS) is 16.9. The van der Waals surface area contributed by atoms with Crippen molar-refractivity contribution in [3.05, 3.63) is 60.2 Å². The number of benzene rings is 2. The van der Waals surface area contributed by atoms with E-state index in [-0.39, 0.29) is 0 Å². The highest BCUT2D eigenvalue weighted by Gasteiger charge is 2.35. The predicted molar refractivity (Wildman–Crippen MR) is 111 cm³/mol. The zero-order valence-electron chi connectivity index (χ0n) is 16.9. The molecule has 6 heteroatoms. The van der Waals surface area contributed by atoms with Gasteiger partial charge in [0.1, 0.15) is 0 Å². The molecule has 0 saturated carbocycles. The summed E-state index contributed by atoms with van der Waals surface area (Å²) in [5.74, 6) is -0.931. The van der Waals surface area contributed by atoms with E-state index in [2.05, 4.69) is 36.4 Å². The lowest BCUT2D eigenvalue weighted by Crippen LogP contribution is -2.51. The quantitative estimate of drug-likeness (QED) is 0.809. The van der Waals surface area contributed by atoms with Crippen LogP contribution in [-0.2, 0) is 9.59 Å². The molecule has 6 nitrogen and oxygen atoms in total. The van der Waals surface area contributed by atoms with Gasteiger partial charge in [-0.05, 0) is 35.4 Å². The molecule has 0 radical (unpaired) electrons. The van der Waals surface area contributed by atoms with E-state index < -0.39 is 24.0 Å². The third-order valence-corrected chi connectivity index (χ3v) is 5.54. The average molecular weight is 396 g/mol. The second-order valence-electron chi connectivity index (χ2n) is 7.71. The summed E-state index contributed by atoms with van der Waals surface area (Å²) in [5.41, 5.74) is 3.59. The van der Waals surface area contributed by atoms with Crippen LogP contribution in [0.4, 0.5) is 0 Å². The van der Waals surface area contributed by atoms with Crippen LogP contribution in [0, 0.1) is 0 Å². The van der Waals surface area contributed by atoms with Gasteiger partial charge in [-0.2, -0.15) is 0 Å². The van der Waals surface area contributed by atoms with E-state index in [9.17, 15) is 19.8 Å². The molecule has 0 unspecified atom stereocenters. The number of aliphatic hydroxyl groups is 2. The summed E-state index contributed by atoms with van der Waals surface area (Å²) in [7, 11) is 2.94. The SMILES string of the molecule is CN(C)C(=O)[C@H](O)[C@@H](O)C(=O)N1CCC(c2ccc(-c3ccccc3)cc2)CC1. The van der Waals surface area contributed by atoms with Gasteiger partial charge in [-0.3, -0.25) is 9.59 Å². The van der Waals surface area contributed by atoms with Crippen molar-refractivity contribution in [3.8, 4) is 11.1 Å². The highest BCUT2D eigenvalue weighted by Crippen LogP contribution is 2.30. The van der Waals surface area contributed by atoms with Gasteiger partial charge in [0, 0.05) is 27.2 Å². The molecule has 2 atom stereocenters. The second kappa shape index (κ2) is 9.20. The van der Waals surface area contributed by atoms with Crippen molar-refractivity contribution in [1.82, 2.24) is 9.80 Å². The van der Waals surface area contributed by atoms with E-state index >= 15 is 0 Å². The standard InChI is InChI=1S/C23H28N2O4/c1-24(2)22(28)20(26)21(27)23(29)25-14-12-19(13-15-25)18-10-8-17(9-11-18)16-6-4-3-5-7-16/h3-11,19-21,26-27H,12-15H2,1-2H3/t20-,21-/m1/s1. The van der Waals surface area contributed by atoms with Crippen LogP contribution in [0.1, 0.15) is 24.3 Å². The molecule has 0 aliphatic carbocycles. The molecule has 0 spiro atoms. The van der Waals surface area contributed by atoms with Crippen LogP contribution >= 0.6 is 0 Å². The molecule has 0 aromatic heterocycles. The molecule has 2 aromatic rings. The van der Waals surface area contributed by atoms with Crippen molar-refractivity contribution in [1.29, 1.82) is 0 Å². The summed E-state index contributed by atoms with van der Waals surface area (Å²) in [6, 6.07) is 18.7. The molecule has 1 aliphatic heterocycles. The first kappa shape index (κ1) is 21.0. The van der Waals surface area contributed by atoms with E-state index in [0.717, 1.165) is 17.7 Å². The molecule has 0 bridgehead atoms. The Morgan fingerprint density at radius 1 is 0.897 bits per heavy atom. The minimum atomic E-state index is -1.74. The number of amides is 2. The van der Waals surface area contributed by atoms with Crippen LogP contribution in [0.3, 0.4) is 0 Å². The maximum atomic E-state index is 12.5. The highest BCUT2D eigenvalue weighted by atomic mass is 16.3. The average Bonchev–Trinajstić information content (AvgIpc) is 2.77. The number of carbonyl (C=O) groups excluding carboxylic acids is 2. The summed E-state index contributed by atoms with van der Waals surface area (Å²) < 4.78 is 0. The molecular formula is C23H28N2O4. The molecule has 154 valence electrons. The van der Waals surface area contributed by atoms with Gasteiger partial charge in [0.05, 0.1) is 0 Å². The van der Waals surface area contributed by atoms with Gasteiger partial charge < -0.3 is 20.0 Å². The Bertz CT molecular complexity index is 828. The third-order valence-electron chi connectivity index (χ3n) is 5.54. The van der Waals surface area contributed by atoms with Gasteiger partial charge >= 0.3 is 0 Å². The Morgan fingerprint density at radius 2 is 1.45 bits per heavy atom. The molecular weight excluding hydrogens is 368 g/mol. The van der Waals surface area contributed by atoms with Crippen LogP contribution in [0.25, 0.3) is 11.1 Å².